The molecule has 1 aromatic heterocycles. The number of allylic oxidation sites excluding steroid dienone is 1. The van der Waals surface area contributed by atoms with Crippen molar-refractivity contribution in [3.05, 3.63) is 39.8 Å². The van der Waals surface area contributed by atoms with Gasteiger partial charge < -0.3 is 24.4 Å². The standard InChI is InChI=1S/C28H36BrN5O5/c1-3-37-22-15-19(14-21(29)26(22)38-16-23(35)33-12-8-5-9-13-33)25-24(18(2)32-28-30-17-31-34(25)28)27(36)39-20-10-6-4-7-11-20/h14-15,17,20,25H,3-13,16H2,1-2H3,(H,30,31,32). The first kappa shape index (κ1) is 27.5. The molecule has 1 aliphatic carbocycles. The van der Waals surface area contributed by atoms with Crippen molar-refractivity contribution in [2.24, 2.45) is 0 Å². The normalized spacial score (nSPS) is 19.8. The van der Waals surface area contributed by atoms with Crippen molar-refractivity contribution in [2.45, 2.75) is 77.4 Å². The maximum atomic E-state index is 13.6. The Morgan fingerprint density at radius 3 is 2.56 bits per heavy atom. The maximum Gasteiger partial charge on any atom is 0.338 e. The molecule has 0 spiro atoms. The Kier molecular flexibility index (Phi) is 8.74. The first-order chi connectivity index (χ1) is 19.0. The zero-order chi connectivity index (χ0) is 27.4. The minimum atomic E-state index is -0.584. The van der Waals surface area contributed by atoms with Gasteiger partial charge in [0.2, 0.25) is 5.95 Å². The number of hydrogen-bond donors (Lipinski definition) is 1. The number of likely N-dealkylation sites (tertiary alicyclic amines) is 1. The van der Waals surface area contributed by atoms with E-state index in [0.717, 1.165) is 63.6 Å². The number of benzene rings is 1. The van der Waals surface area contributed by atoms with Gasteiger partial charge in [-0.2, -0.15) is 10.1 Å². The molecular formula is C28H36BrN5O5. The molecule has 10 nitrogen and oxygen atoms in total. The van der Waals surface area contributed by atoms with E-state index in [9.17, 15) is 9.59 Å². The number of carbonyl (C=O) groups is 2. The molecule has 210 valence electrons. The van der Waals surface area contributed by atoms with Crippen molar-refractivity contribution in [3.63, 3.8) is 0 Å². The highest BCUT2D eigenvalue weighted by Gasteiger charge is 2.36. The fraction of sp³-hybridized carbons (Fsp3) is 0.571. The summed E-state index contributed by atoms with van der Waals surface area (Å²) in [6, 6.07) is 3.14. The van der Waals surface area contributed by atoms with Gasteiger partial charge in [0, 0.05) is 18.8 Å². The van der Waals surface area contributed by atoms with Gasteiger partial charge in [0.05, 0.1) is 16.7 Å². The molecule has 11 heteroatoms. The molecule has 1 unspecified atom stereocenters. The molecule has 1 saturated heterocycles. The molecule has 3 heterocycles. The lowest BCUT2D eigenvalue weighted by Gasteiger charge is -2.30. The van der Waals surface area contributed by atoms with Gasteiger partial charge in [-0.05, 0) is 92.4 Å². The van der Waals surface area contributed by atoms with Gasteiger partial charge in [0.15, 0.2) is 18.1 Å². The number of esters is 1. The van der Waals surface area contributed by atoms with Crippen molar-refractivity contribution >= 4 is 33.8 Å². The molecule has 2 fully saturated rings. The van der Waals surface area contributed by atoms with E-state index in [1.54, 1.807) is 4.68 Å². The molecular weight excluding hydrogens is 566 g/mol. The quantitative estimate of drug-likeness (QED) is 0.421. The first-order valence-electron chi connectivity index (χ1n) is 13.9. The molecule has 0 bridgehead atoms. The third kappa shape index (κ3) is 6.08. The number of anilines is 1. The van der Waals surface area contributed by atoms with Crippen molar-refractivity contribution in [1.29, 1.82) is 0 Å². The van der Waals surface area contributed by atoms with Crippen LogP contribution in [0.2, 0.25) is 0 Å². The topological polar surface area (TPSA) is 108 Å². The lowest BCUT2D eigenvalue weighted by atomic mass is 9.94. The fourth-order valence-corrected chi connectivity index (χ4v) is 6.15. The summed E-state index contributed by atoms with van der Waals surface area (Å²) < 4.78 is 20.3. The minimum Gasteiger partial charge on any atom is -0.490 e. The number of nitrogens with one attached hydrogen (secondary N) is 1. The van der Waals surface area contributed by atoms with Crippen LogP contribution >= 0.6 is 15.9 Å². The monoisotopic (exact) mass is 601 g/mol. The highest BCUT2D eigenvalue weighted by molar-refractivity contribution is 9.10. The van der Waals surface area contributed by atoms with Crippen LogP contribution in [0.1, 0.15) is 76.8 Å². The summed E-state index contributed by atoms with van der Waals surface area (Å²) in [5.41, 5.74) is 1.90. The lowest BCUT2D eigenvalue weighted by Crippen LogP contribution is -2.38. The Balaban J connectivity index is 1.45. The van der Waals surface area contributed by atoms with Crippen molar-refractivity contribution < 1.29 is 23.8 Å². The molecule has 1 N–H and O–H groups in total. The molecule has 1 saturated carbocycles. The minimum absolute atomic E-state index is 0.0370. The van der Waals surface area contributed by atoms with E-state index in [1.165, 1.54) is 12.7 Å². The SMILES string of the molecule is CCOc1cc(C2C(C(=O)OC3CCCCC3)=C(C)Nc3ncnn32)cc(Br)c1OCC(=O)N1CCCCC1. The van der Waals surface area contributed by atoms with Crippen molar-refractivity contribution in [2.75, 3.05) is 31.6 Å². The largest absolute Gasteiger partial charge is 0.490 e. The zero-order valence-electron chi connectivity index (χ0n) is 22.6. The lowest BCUT2D eigenvalue weighted by molar-refractivity contribution is -0.146. The smallest absolute Gasteiger partial charge is 0.338 e. The summed E-state index contributed by atoms with van der Waals surface area (Å²) in [5, 5.41) is 7.63. The van der Waals surface area contributed by atoms with E-state index in [-0.39, 0.29) is 24.6 Å². The van der Waals surface area contributed by atoms with Gasteiger partial charge in [-0.25, -0.2) is 9.48 Å². The van der Waals surface area contributed by atoms with Crippen LogP contribution in [-0.2, 0) is 14.3 Å². The van der Waals surface area contributed by atoms with Crippen LogP contribution in [0, 0.1) is 0 Å². The highest BCUT2D eigenvalue weighted by atomic mass is 79.9. The average molecular weight is 603 g/mol. The number of rotatable bonds is 8. The summed E-state index contributed by atoms with van der Waals surface area (Å²) in [5.74, 6) is 1.06. The predicted octanol–water partition coefficient (Wildman–Crippen LogP) is 5.00. The molecule has 0 radical (unpaired) electrons. The maximum absolute atomic E-state index is 13.6. The Labute approximate surface area is 237 Å². The Hall–Kier alpha value is -3.08. The number of nitrogens with zero attached hydrogens (tertiary/aromatic N) is 4. The molecule has 3 aliphatic rings. The van der Waals surface area contributed by atoms with E-state index in [1.807, 2.05) is 30.9 Å². The second kappa shape index (κ2) is 12.4. The van der Waals surface area contributed by atoms with Crippen molar-refractivity contribution in [1.82, 2.24) is 19.7 Å². The van der Waals surface area contributed by atoms with Crippen LogP contribution in [0.5, 0.6) is 11.5 Å². The average Bonchev–Trinajstić information content (AvgIpc) is 3.40. The summed E-state index contributed by atoms with van der Waals surface area (Å²) in [6.07, 6.45) is 9.65. The zero-order valence-corrected chi connectivity index (χ0v) is 24.2. The van der Waals surface area contributed by atoms with Gasteiger partial charge in [0.1, 0.15) is 18.5 Å². The molecule has 39 heavy (non-hydrogen) atoms. The van der Waals surface area contributed by atoms with E-state index in [2.05, 4.69) is 31.3 Å². The number of carbonyl (C=O) groups excluding carboxylic acids is 2. The van der Waals surface area contributed by atoms with Crippen LogP contribution in [0.25, 0.3) is 0 Å². The third-order valence-electron chi connectivity index (χ3n) is 7.54. The number of aromatic nitrogens is 3. The first-order valence-corrected chi connectivity index (χ1v) is 14.7. The van der Waals surface area contributed by atoms with Gasteiger partial charge in [-0.1, -0.05) is 6.42 Å². The number of ether oxygens (including phenoxy) is 3. The van der Waals surface area contributed by atoms with Gasteiger partial charge >= 0.3 is 5.97 Å². The van der Waals surface area contributed by atoms with E-state index >= 15 is 0 Å². The Morgan fingerprint density at radius 1 is 1.08 bits per heavy atom. The second-order valence-corrected chi connectivity index (χ2v) is 11.1. The predicted molar refractivity (Wildman–Crippen MR) is 149 cm³/mol. The Bertz CT molecular complexity index is 1230. The van der Waals surface area contributed by atoms with Crippen LogP contribution in [0.15, 0.2) is 34.2 Å². The third-order valence-corrected chi connectivity index (χ3v) is 8.13. The van der Waals surface area contributed by atoms with Gasteiger partial charge in [-0.15, -0.1) is 0 Å². The van der Waals surface area contributed by atoms with Crippen LogP contribution in [-0.4, -0.2) is 63.9 Å². The summed E-state index contributed by atoms with van der Waals surface area (Å²) in [7, 11) is 0. The number of amides is 1. The molecule has 5 rings (SSSR count). The number of hydrogen-bond acceptors (Lipinski definition) is 8. The molecule has 2 aromatic rings. The Morgan fingerprint density at radius 2 is 1.82 bits per heavy atom. The molecule has 1 amide bonds. The molecule has 2 aliphatic heterocycles. The summed E-state index contributed by atoms with van der Waals surface area (Å²) in [6.45, 7) is 5.60. The van der Waals surface area contributed by atoms with E-state index < -0.39 is 6.04 Å². The van der Waals surface area contributed by atoms with Gasteiger partial charge in [-0.3, -0.25) is 4.79 Å². The number of piperidine rings is 1. The van der Waals surface area contributed by atoms with Crippen LogP contribution < -0.4 is 14.8 Å². The number of fused-ring (bicyclic) bond motifs is 1. The summed E-state index contributed by atoms with van der Waals surface area (Å²) >= 11 is 3.64. The van der Waals surface area contributed by atoms with Gasteiger partial charge in [0.25, 0.3) is 5.91 Å². The van der Waals surface area contributed by atoms with Crippen molar-refractivity contribution in [3.8, 4) is 11.5 Å². The second-order valence-electron chi connectivity index (χ2n) is 10.3. The fourth-order valence-electron chi connectivity index (χ4n) is 5.58. The molecule has 1 atom stereocenters. The highest BCUT2D eigenvalue weighted by Crippen LogP contribution is 2.43. The van der Waals surface area contributed by atoms with Crippen LogP contribution in [0.3, 0.4) is 0 Å². The van der Waals surface area contributed by atoms with E-state index in [4.69, 9.17) is 14.2 Å². The van der Waals surface area contributed by atoms with E-state index in [0.29, 0.717) is 39.8 Å². The molecule has 1 aromatic carbocycles. The summed E-state index contributed by atoms with van der Waals surface area (Å²) in [4.78, 5) is 32.5. The van der Waals surface area contributed by atoms with Crippen LogP contribution in [0.4, 0.5) is 5.95 Å². The number of halogens is 1.